The van der Waals surface area contributed by atoms with Gasteiger partial charge in [-0.15, -0.1) is 0 Å². The van der Waals surface area contributed by atoms with Crippen molar-refractivity contribution in [2.24, 2.45) is 0 Å². The highest BCUT2D eigenvalue weighted by Gasteiger charge is 2.24. The van der Waals surface area contributed by atoms with Crippen LogP contribution in [0.25, 0.3) is 10.9 Å². The molecule has 0 saturated carbocycles. The third kappa shape index (κ3) is 4.70. The maximum atomic E-state index is 13.2. The summed E-state index contributed by atoms with van der Waals surface area (Å²) in [6.45, 7) is 6.14. The number of ether oxygens (including phenoxy) is 1. The van der Waals surface area contributed by atoms with E-state index in [1.165, 1.54) is 20.2 Å². The number of sulfonamides is 1. The monoisotopic (exact) mass is 441 g/mol. The van der Waals surface area contributed by atoms with Gasteiger partial charge in [0.2, 0.25) is 10.0 Å². The van der Waals surface area contributed by atoms with Gasteiger partial charge in [0.1, 0.15) is 10.6 Å². The molecule has 0 aliphatic carbocycles. The van der Waals surface area contributed by atoms with Gasteiger partial charge in [0, 0.05) is 30.9 Å². The molecule has 3 aromatic rings. The van der Waals surface area contributed by atoms with Crippen molar-refractivity contribution >= 4 is 32.5 Å². The Kier molecular flexibility index (Phi) is 6.62. The van der Waals surface area contributed by atoms with Crippen molar-refractivity contribution in [3.8, 4) is 5.75 Å². The van der Waals surface area contributed by atoms with Gasteiger partial charge in [0.15, 0.2) is 0 Å². The van der Waals surface area contributed by atoms with Gasteiger partial charge in [-0.25, -0.2) is 12.7 Å². The van der Waals surface area contributed by atoms with Crippen LogP contribution < -0.4 is 10.1 Å². The van der Waals surface area contributed by atoms with Crippen molar-refractivity contribution in [2.75, 3.05) is 26.0 Å². The lowest BCUT2D eigenvalue weighted by molar-refractivity contribution is 0.102. The lowest BCUT2D eigenvalue weighted by Crippen LogP contribution is -2.23. The van der Waals surface area contributed by atoms with Crippen molar-refractivity contribution < 1.29 is 17.9 Å². The Morgan fingerprint density at radius 2 is 1.84 bits per heavy atom. The highest BCUT2D eigenvalue weighted by molar-refractivity contribution is 7.89. The zero-order chi connectivity index (χ0) is 22.8. The van der Waals surface area contributed by atoms with E-state index in [0.717, 1.165) is 20.9 Å². The maximum Gasteiger partial charge on any atom is 0.256 e. The molecule has 164 valence electrons. The first-order chi connectivity index (χ1) is 14.6. The van der Waals surface area contributed by atoms with Crippen molar-refractivity contribution in [1.29, 1.82) is 0 Å². The number of carbonyl (C=O) groups excluding carboxylic acids is 1. The van der Waals surface area contributed by atoms with Crippen LogP contribution >= 0.6 is 0 Å². The lowest BCUT2D eigenvalue weighted by atomic mass is 10.0. The first kappa shape index (κ1) is 22.7. The van der Waals surface area contributed by atoms with Gasteiger partial charge in [-0.1, -0.05) is 32.0 Å². The Hall–Kier alpha value is -2.97. The number of hydrogen-bond donors (Lipinski definition) is 1. The summed E-state index contributed by atoms with van der Waals surface area (Å²) in [7, 11) is -0.856. The van der Waals surface area contributed by atoms with E-state index in [-0.39, 0.29) is 22.5 Å². The van der Waals surface area contributed by atoms with Crippen LogP contribution in [0.5, 0.6) is 5.75 Å². The van der Waals surface area contributed by atoms with Gasteiger partial charge in [0.05, 0.1) is 17.7 Å². The Balaban J connectivity index is 2.05. The Bertz CT molecular complexity index is 1220. The van der Waals surface area contributed by atoms with E-state index >= 15 is 0 Å². The lowest BCUT2D eigenvalue weighted by Gasteiger charge is -2.17. The van der Waals surface area contributed by atoms with Gasteiger partial charge in [-0.05, 0) is 43.2 Å². The summed E-state index contributed by atoms with van der Waals surface area (Å²) < 4.78 is 32.1. The largest absolute Gasteiger partial charge is 0.492 e. The summed E-state index contributed by atoms with van der Waals surface area (Å²) in [5.41, 5.74) is 2.40. The maximum absolute atomic E-state index is 13.2. The second-order valence-electron chi connectivity index (χ2n) is 7.60. The molecular formula is C23H27N3O4S. The summed E-state index contributed by atoms with van der Waals surface area (Å²) in [4.78, 5) is 17.8. The molecule has 0 atom stereocenters. The molecule has 0 aliphatic heterocycles. The first-order valence-corrected chi connectivity index (χ1v) is 11.5. The number of hydrogen-bond acceptors (Lipinski definition) is 5. The highest BCUT2D eigenvalue weighted by atomic mass is 32.2. The number of aromatic nitrogens is 1. The minimum Gasteiger partial charge on any atom is -0.492 e. The Labute approximate surface area is 183 Å². The van der Waals surface area contributed by atoms with Gasteiger partial charge in [0.25, 0.3) is 5.91 Å². The average Bonchev–Trinajstić information content (AvgIpc) is 2.73. The predicted molar refractivity (Wildman–Crippen MR) is 122 cm³/mol. The second kappa shape index (κ2) is 9.03. The Morgan fingerprint density at radius 1 is 1.13 bits per heavy atom. The van der Waals surface area contributed by atoms with Crippen LogP contribution in [0.2, 0.25) is 0 Å². The fraction of sp³-hybridized carbons (Fsp3) is 0.304. The number of para-hydroxylation sites is 1. The fourth-order valence-electron chi connectivity index (χ4n) is 3.14. The molecular weight excluding hydrogens is 414 g/mol. The number of fused-ring (bicyclic) bond motifs is 1. The predicted octanol–water partition coefficient (Wildman–Crippen LogP) is 4.26. The zero-order valence-electron chi connectivity index (χ0n) is 18.3. The Morgan fingerprint density at radius 3 is 2.48 bits per heavy atom. The number of carbonyl (C=O) groups is 1. The van der Waals surface area contributed by atoms with Crippen LogP contribution in [0.1, 0.15) is 42.7 Å². The number of benzene rings is 2. The fourth-order valence-corrected chi connectivity index (χ4v) is 4.19. The molecule has 2 aromatic carbocycles. The summed E-state index contributed by atoms with van der Waals surface area (Å²) in [6, 6.07) is 13.8. The molecule has 3 rings (SSSR count). The third-order valence-corrected chi connectivity index (χ3v) is 6.67. The molecule has 1 amide bonds. The van der Waals surface area contributed by atoms with Crippen LogP contribution in [0.15, 0.2) is 53.4 Å². The van der Waals surface area contributed by atoms with Gasteiger partial charge < -0.3 is 10.1 Å². The number of amides is 1. The van der Waals surface area contributed by atoms with Gasteiger partial charge in [-0.2, -0.15) is 0 Å². The van der Waals surface area contributed by atoms with Crippen LogP contribution in [0.3, 0.4) is 0 Å². The van der Waals surface area contributed by atoms with E-state index in [1.54, 1.807) is 25.1 Å². The normalized spacial score (nSPS) is 11.8. The number of nitrogens with one attached hydrogen (secondary N) is 1. The minimum atomic E-state index is -3.76. The molecule has 8 heteroatoms. The first-order valence-electron chi connectivity index (χ1n) is 10.1. The molecule has 0 spiro atoms. The molecule has 0 aliphatic rings. The van der Waals surface area contributed by atoms with E-state index in [0.29, 0.717) is 17.9 Å². The third-order valence-electron chi connectivity index (χ3n) is 4.83. The smallest absolute Gasteiger partial charge is 0.256 e. The van der Waals surface area contributed by atoms with E-state index in [9.17, 15) is 13.2 Å². The number of anilines is 1. The van der Waals surface area contributed by atoms with Crippen molar-refractivity contribution in [3.05, 3.63) is 59.8 Å². The van der Waals surface area contributed by atoms with Crippen LogP contribution in [-0.4, -0.2) is 44.3 Å². The molecule has 7 nitrogen and oxygen atoms in total. The van der Waals surface area contributed by atoms with Crippen LogP contribution in [-0.2, 0) is 10.0 Å². The zero-order valence-corrected chi connectivity index (χ0v) is 19.2. The van der Waals surface area contributed by atoms with Crippen molar-refractivity contribution in [1.82, 2.24) is 9.29 Å². The van der Waals surface area contributed by atoms with Gasteiger partial charge >= 0.3 is 0 Å². The quantitative estimate of drug-likeness (QED) is 0.592. The minimum absolute atomic E-state index is 0.000365. The molecule has 0 fully saturated rings. The molecule has 1 aromatic heterocycles. The molecule has 31 heavy (non-hydrogen) atoms. The van der Waals surface area contributed by atoms with Crippen molar-refractivity contribution in [3.63, 3.8) is 0 Å². The second-order valence-corrected chi connectivity index (χ2v) is 9.72. The van der Waals surface area contributed by atoms with E-state index in [4.69, 9.17) is 4.74 Å². The summed E-state index contributed by atoms with van der Waals surface area (Å²) in [5.74, 6) is 0.0574. The van der Waals surface area contributed by atoms with Crippen LogP contribution in [0.4, 0.5) is 5.69 Å². The van der Waals surface area contributed by atoms with E-state index < -0.39 is 10.0 Å². The molecule has 0 radical (unpaired) electrons. The molecule has 1 N–H and O–H groups in total. The molecule has 0 unspecified atom stereocenters. The molecule has 1 heterocycles. The van der Waals surface area contributed by atoms with Crippen molar-refractivity contribution in [2.45, 2.75) is 31.6 Å². The molecule has 0 bridgehead atoms. The topological polar surface area (TPSA) is 88.6 Å². The SMILES string of the molecule is CCOc1ccc(NC(=O)c2cc(C(C)C)nc3ccccc23)cc1S(=O)(=O)N(C)C. The summed E-state index contributed by atoms with van der Waals surface area (Å²) in [6.07, 6.45) is 0. The summed E-state index contributed by atoms with van der Waals surface area (Å²) in [5, 5.41) is 3.56. The van der Waals surface area contributed by atoms with Gasteiger partial charge in [-0.3, -0.25) is 9.78 Å². The number of pyridine rings is 1. The average molecular weight is 442 g/mol. The highest BCUT2D eigenvalue weighted by Crippen LogP contribution is 2.30. The number of nitrogens with zero attached hydrogens (tertiary/aromatic N) is 2. The standard InChI is InChI=1S/C23H27N3O4S/c1-6-30-21-12-11-16(13-22(21)31(28,29)26(4)5)24-23(27)18-14-20(15(2)3)25-19-10-8-7-9-17(18)19/h7-15H,6H2,1-5H3,(H,24,27). The van der Waals surface area contributed by atoms with E-state index in [2.05, 4.69) is 10.3 Å². The molecule has 0 saturated heterocycles. The van der Waals surface area contributed by atoms with E-state index in [1.807, 2.05) is 38.1 Å². The summed E-state index contributed by atoms with van der Waals surface area (Å²) >= 11 is 0. The number of rotatable bonds is 7. The van der Waals surface area contributed by atoms with Crippen LogP contribution in [0, 0.1) is 0 Å².